The Labute approximate surface area is 137 Å². The van der Waals surface area contributed by atoms with Crippen LogP contribution in [0.5, 0.6) is 0 Å². The summed E-state index contributed by atoms with van der Waals surface area (Å²) in [7, 11) is -3.52. The lowest BCUT2D eigenvalue weighted by molar-refractivity contribution is -0.114. The van der Waals surface area contributed by atoms with E-state index in [0.29, 0.717) is 11.7 Å². The van der Waals surface area contributed by atoms with E-state index in [0.717, 1.165) is 19.4 Å². The molecule has 0 aliphatic carbocycles. The van der Waals surface area contributed by atoms with Crippen LogP contribution in [0, 0.1) is 0 Å². The molecule has 1 amide bonds. The zero-order valence-corrected chi connectivity index (χ0v) is 14.3. The van der Waals surface area contributed by atoms with Crippen molar-refractivity contribution in [1.82, 2.24) is 10.0 Å². The number of carbonyl (C=O) groups is 1. The fraction of sp³-hybridized carbons (Fsp3) is 0.500. The Morgan fingerprint density at radius 1 is 1.27 bits per heavy atom. The van der Waals surface area contributed by atoms with Gasteiger partial charge in [0.1, 0.15) is 0 Å². The molecule has 0 radical (unpaired) electrons. The molecule has 2 rings (SSSR count). The molecule has 1 saturated heterocycles. The molecular weight excluding hydrogens is 326 g/mol. The van der Waals surface area contributed by atoms with Gasteiger partial charge in [0.05, 0.1) is 4.90 Å². The van der Waals surface area contributed by atoms with Crippen LogP contribution < -0.4 is 15.4 Å². The molecule has 0 spiro atoms. The standard InChI is InChI=1S/C14H21N3O3S.ClH/c1-10-9-13(7-8-15-10)17-21(19,20)14-5-3-12(4-6-14)16-11(2)18;/h3-6,10,13,15,17H,7-9H2,1-2H3,(H,16,18);1H. The van der Waals surface area contributed by atoms with Gasteiger partial charge in [0, 0.05) is 24.7 Å². The monoisotopic (exact) mass is 347 g/mol. The van der Waals surface area contributed by atoms with Crippen LogP contribution in [0.4, 0.5) is 5.69 Å². The van der Waals surface area contributed by atoms with Crippen molar-refractivity contribution < 1.29 is 13.2 Å². The minimum absolute atomic E-state index is 0. The quantitative estimate of drug-likeness (QED) is 0.770. The first-order valence-electron chi connectivity index (χ1n) is 7.00. The first-order valence-corrected chi connectivity index (χ1v) is 8.48. The summed E-state index contributed by atoms with van der Waals surface area (Å²) in [5, 5.41) is 5.90. The van der Waals surface area contributed by atoms with E-state index in [2.05, 4.69) is 15.4 Å². The minimum Gasteiger partial charge on any atom is -0.326 e. The Morgan fingerprint density at radius 3 is 2.45 bits per heavy atom. The summed E-state index contributed by atoms with van der Waals surface area (Å²) in [6.07, 6.45) is 1.57. The lowest BCUT2D eigenvalue weighted by Gasteiger charge is -2.28. The van der Waals surface area contributed by atoms with E-state index < -0.39 is 10.0 Å². The molecule has 1 aromatic carbocycles. The fourth-order valence-corrected chi connectivity index (χ4v) is 3.73. The van der Waals surface area contributed by atoms with E-state index in [4.69, 9.17) is 0 Å². The minimum atomic E-state index is -3.52. The molecule has 0 aromatic heterocycles. The van der Waals surface area contributed by atoms with Gasteiger partial charge in [-0.2, -0.15) is 0 Å². The number of nitrogens with one attached hydrogen (secondary N) is 3. The van der Waals surface area contributed by atoms with Crippen LogP contribution >= 0.6 is 12.4 Å². The van der Waals surface area contributed by atoms with Crippen molar-refractivity contribution in [3.8, 4) is 0 Å². The van der Waals surface area contributed by atoms with Crippen LogP contribution in [0.25, 0.3) is 0 Å². The van der Waals surface area contributed by atoms with E-state index in [1.54, 1.807) is 12.1 Å². The van der Waals surface area contributed by atoms with Crippen LogP contribution in [0.15, 0.2) is 29.2 Å². The number of sulfonamides is 1. The summed E-state index contributed by atoms with van der Waals surface area (Å²) < 4.78 is 27.4. The van der Waals surface area contributed by atoms with Crippen molar-refractivity contribution in [2.24, 2.45) is 0 Å². The maximum absolute atomic E-state index is 12.3. The van der Waals surface area contributed by atoms with Gasteiger partial charge in [0.25, 0.3) is 0 Å². The molecule has 0 saturated carbocycles. The van der Waals surface area contributed by atoms with Gasteiger partial charge in [-0.1, -0.05) is 0 Å². The van der Waals surface area contributed by atoms with Crippen LogP contribution in [-0.4, -0.2) is 33.0 Å². The summed E-state index contributed by atoms with van der Waals surface area (Å²) in [6.45, 7) is 4.27. The van der Waals surface area contributed by atoms with E-state index in [1.165, 1.54) is 19.1 Å². The third-order valence-corrected chi connectivity index (χ3v) is 4.97. The lowest BCUT2D eigenvalue weighted by atomic mass is 10.0. The van der Waals surface area contributed by atoms with Gasteiger partial charge in [-0.3, -0.25) is 4.79 Å². The zero-order chi connectivity index (χ0) is 15.5. The number of piperidine rings is 1. The molecular formula is C14H22ClN3O3S. The summed E-state index contributed by atoms with van der Waals surface area (Å²) in [5.74, 6) is -0.188. The molecule has 22 heavy (non-hydrogen) atoms. The largest absolute Gasteiger partial charge is 0.326 e. The van der Waals surface area contributed by atoms with Gasteiger partial charge >= 0.3 is 0 Å². The van der Waals surface area contributed by atoms with Crippen molar-refractivity contribution in [1.29, 1.82) is 0 Å². The number of carbonyl (C=O) groups excluding carboxylic acids is 1. The Balaban J connectivity index is 0.00000242. The van der Waals surface area contributed by atoms with Crippen LogP contribution in [0.3, 0.4) is 0 Å². The second kappa shape index (κ2) is 7.92. The highest BCUT2D eigenvalue weighted by molar-refractivity contribution is 7.89. The molecule has 1 heterocycles. The molecule has 124 valence electrons. The van der Waals surface area contributed by atoms with Gasteiger partial charge in [0.15, 0.2) is 0 Å². The van der Waals surface area contributed by atoms with Crippen LogP contribution in [0.2, 0.25) is 0 Å². The Kier molecular flexibility index (Phi) is 6.80. The average molecular weight is 348 g/mol. The number of hydrogen-bond donors (Lipinski definition) is 3. The van der Waals surface area contributed by atoms with E-state index in [-0.39, 0.29) is 29.3 Å². The average Bonchev–Trinajstić information content (AvgIpc) is 2.38. The molecule has 0 bridgehead atoms. The molecule has 1 aliphatic rings. The van der Waals surface area contributed by atoms with Crippen molar-refractivity contribution in [3.05, 3.63) is 24.3 Å². The highest BCUT2D eigenvalue weighted by atomic mass is 35.5. The molecule has 3 N–H and O–H groups in total. The van der Waals surface area contributed by atoms with E-state index >= 15 is 0 Å². The first-order chi connectivity index (χ1) is 9.87. The summed E-state index contributed by atoms with van der Waals surface area (Å²) in [6, 6.07) is 6.44. The molecule has 1 fully saturated rings. The van der Waals surface area contributed by atoms with E-state index in [1.807, 2.05) is 6.92 Å². The van der Waals surface area contributed by atoms with Gasteiger partial charge in [0.2, 0.25) is 15.9 Å². The van der Waals surface area contributed by atoms with Gasteiger partial charge in [-0.25, -0.2) is 13.1 Å². The Hall–Kier alpha value is -1.15. The molecule has 8 heteroatoms. The second-order valence-corrected chi connectivity index (χ2v) is 7.12. The molecule has 1 aliphatic heterocycles. The highest BCUT2D eigenvalue weighted by Gasteiger charge is 2.24. The normalized spacial score (nSPS) is 21.7. The Morgan fingerprint density at radius 2 is 1.91 bits per heavy atom. The Bertz CT molecular complexity index is 604. The summed E-state index contributed by atoms with van der Waals surface area (Å²) >= 11 is 0. The van der Waals surface area contributed by atoms with Crippen LogP contribution in [-0.2, 0) is 14.8 Å². The van der Waals surface area contributed by atoms with Crippen molar-refractivity contribution in [3.63, 3.8) is 0 Å². The fourth-order valence-electron chi connectivity index (χ4n) is 2.45. The van der Waals surface area contributed by atoms with Gasteiger partial charge in [-0.15, -0.1) is 12.4 Å². The molecule has 2 unspecified atom stereocenters. The first kappa shape index (κ1) is 18.9. The third kappa shape index (κ3) is 5.24. The smallest absolute Gasteiger partial charge is 0.240 e. The van der Waals surface area contributed by atoms with Crippen molar-refractivity contribution >= 4 is 34.0 Å². The predicted molar refractivity (Wildman–Crippen MR) is 88.8 cm³/mol. The predicted octanol–water partition coefficient (Wildman–Crippen LogP) is 1.49. The maximum atomic E-state index is 12.3. The number of amides is 1. The number of halogens is 1. The number of anilines is 1. The van der Waals surface area contributed by atoms with Gasteiger partial charge in [-0.05, 0) is 50.6 Å². The topological polar surface area (TPSA) is 87.3 Å². The lowest BCUT2D eigenvalue weighted by Crippen LogP contribution is -2.46. The second-order valence-electron chi connectivity index (χ2n) is 5.40. The maximum Gasteiger partial charge on any atom is 0.240 e. The highest BCUT2D eigenvalue weighted by Crippen LogP contribution is 2.16. The number of benzene rings is 1. The van der Waals surface area contributed by atoms with E-state index in [9.17, 15) is 13.2 Å². The van der Waals surface area contributed by atoms with Crippen molar-refractivity contribution in [2.45, 2.75) is 43.7 Å². The third-order valence-electron chi connectivity index (χ3n) is 3.43. The molecule has 6 nitrogen and oxygen atoms in total. The summed E-state index contributed by atoms with van der Waals surface area (Å²) in [5.41, 5.74) is 0.580. The number of hydrogen-bond acceptors (Lipinski definition) is 4. The zero-order valence-electron chi connectivity index (χ0n) is 12.6. The van der Waals surface area contributed by atoms with Crippen molar-refractivity contribution in [2.75, 3.05) is 11.9 Å². The molecule has 1 aromatic rings. The number of rotatable bonds is 4. The molecule has 2 atom stereocenters. The van der Waals surface area contributed by atoms with Crippen LogP contribution in [0.1, 0.15) is 26.7 Å². The summed E-state index contributed by atoms with van der Waals surface area (Å²) in [4.78, 5) is 11.2. The SMILES string of the molecule is CC(=O)Nc1ccc(S(=O)(=O)NC2CCNC(C)C2)cc1.Cl. The van der Waals surface area contributed by atoms with Gasteiger partial charge < -0.3 is 10.6 Å².